The predicted octanol–water partition coefficient (Wildman–Crippen LogP) is 2.05. The number of hydrogen-bond donors (Lipinski definition) is 1. The molecule has 1 aromatic rings. The number of nitrogens with zero attached hydrogens (tertiary/aromatic N) is 2. The normalized spacial score (nSPS) is 13.9. The zero-order valence-electron chi connectivity index (χ0n) is 12.3. The number of aliphatic hydroxyl groups excluding tert-OH is 1. The molecule has 0 saturated heterocycles. The maximum atomic E-state index is 9.96. The molecule has 1 N–H and O–H groups in total. The topological polar surface area (TPSA) is 56.5 Å². The van der Waals surface area contributed by atoms with Crippen LogP contribution in [0.25, 0.3) is 0 Å². The molecule has 0 fully saturated rings. The summed E-state index contributed by atoms with van der Waals surface area (Å²) in [6.45, 7) is 6.79. The molecule has 0 saturated carbocycles. The second-order valence-corrected chi connectivity index (χ2v) is 5.04. The van der Waals surface area contributed by atoms with Crippen LogP contribution in [0.4, 0.5) is 0 Å². The fraction of sp³-hybridized carbons (Fsp3) is 0.562. The Bertz CT molecular complexity index is 403. The lowest BCUT2D eigenvalue weighted by atomic mass is 10.2. The zero-order valence-corrected chi connectivity index (χ0v) is 12.3. The lowest BCUT2D eigenvalue weighted by Crippen LogP contribution is -2.37. The Hall–Kier alpha value is -1.41. The van der Waals surface area contributed by atoms with Crippen molar-refractivity contribution in [3.05, 3.63) is 35.9 Å². The Morgan fingerprint density at radius 2 is 2.00 bits per heavy atom. The molecule has 0 radical (unpaired) electrons. The maximum absolute atomic E-state index is 9.96. The van der Waals surface area contributed by atoms with Gasteiger partial charge in [-0.1, -0.05) is 37.3 Å². The van der Waals surface area contributed by atoms with E-state index < -0.39 is 6.10 Å². The molecule has 4 heteroatoms. The van der Waals surface area contributed by atoms with Gasteiger partial charge in [0.25, 0.3) is 0 Å². The Balaban J connectivity index is 2.25. The van der Waals surface area contributed by atoms with E-state index >= 15 is 0 Å². The van der Waals surface area contributed by atoms with Crippen molar-refractivity contribution in [1.82, 2.24) is 4.90 Å². The van der Waals surface area contributed by atoms with Gasteiger partial charge in [0.15, 0.2) is 0 Å². The van der Waals surface area contributed by atoms with Gasteiger partial charge < -0.3 is 9.84 Å². The van der Waals surface area contributed by atoms with E-state index in [0.717, 1.165) is 12.1 Å². The molecule has 0 aliphatic heterocycles. The number of rotatable bonds is 9. The van der Waals surface area contributed by atoms with Gasteiger partial charge in [-0.15, -0.1) is 0 Å². The van der Waals surface area contributed by atoms with Crippen LogP contribution in [-0.4, -0.2) is 42.4 Å². The Labute approximate surface area is 121 Å². The molecule has 2 atom stereocenters. The minimum Gasteiger partial charge on any atom is -0.389 e. The van der Waals surface area contributed by atoms with Gasteiger partial charge in [-0.25, -0.2) is 0 Å². The van der Waals surface area contributed by atoms with E-state index in [0.29, 0.717) is 26.3 Å². The highest BCUT2D eigenvalue weighted by Crippen LogP contribution is 2.03. The van der Waals surface area contributed by atoms with Crippen LogP contribution in [0.1, 0.15) is 19.4 Å². The molecule has 0 spiro atoms. The van der Waals surface area contributed by atoms with E-state index in [1.807, 2.05) is 44.2 Å². The van der Waals surface area contributed by atoms with Gasteiger partial charge in [-0.05, 0) is 19.0 Å². The van der Waals surface area contributed by atoms with Crippen molar-refractivity contribution in [3.63, 3.8) is 0 Å². The van der Waals surface area contributed by atoms with Crippen molar-refractivity contribution in [3.8, 4) is 6.07 Å². The van der Waals surface area contributed by atoms with E-state index in [2.05, 4.69) is 11.0 Å². The van der Waals surface area contributed by atoms with E-state index in [1.165, 1.54) is 0 Å². The van der Waals surface area contributed by atoms with E-state index in [4.69, 9.17) is 10.00 Å². The third kappa shape index (κ3) is 6.67. The van der Waals surface area contributed by atoms with Crippen molar-refractivity contribution < 1.29 is 9.84 Å². The van der Waals surface area contributed by atoms with Crippen molar-refractivity contribution in [2.75, 3.05) is 26.2 Å². The molecule has 2 unspecified atom stereocenters. The van der Waals surface area contributed by atoms with Gasteiger partial charge in [0.1, 0.15) is 0 Å². The van der Waals surface area contributed by atoms with Gasteiger partial charge in [-0.2, -0.15) is 5.26 Å². The van der Waals surface area contributed by atoms with Crippen molar-refractivity contribution in [1.29, 1.82) is 5.26 Å². The highest BCUT2D eigenvalue weighted by atomic mass is 16.5. The first kappa shape index (κ1) is 16.6. The van der Waals surface area contributed by atoms with Crippen LogP contribution in [0.15, 0.2) is 30.3 Å². The van der Waals surface area contributed by atoms with Gasteiger partial charge in [-0.3, -0.25) is 4.90 Å². The van der Waals surface area contributed by atoms with Crippen LogP contribution in [0.5, 0.6) is 0 Å². The van der Waals surface area contributed by atoms with Crippen molar-refractivity contribution >= 4 is 0 Å². The summed E-state index contributed by atoms with van der Waals surface area (Å²) in [6.07, 6.45) is -0.524. The molecule has 1 rings (SSSR count). The number of ether oxygens (including phenoxy) is 1. The summed E-state index contributed by atoms with van der Waals surface area (Å²) in [5.74, 6) is -0.0209. The average molecular weight is 276 g/mol. The number of aliphatic hydroxyl groups is 1. The van der Waals surface area contributed by atoms with Gasteiger partial charge in [0.2, 0.25) is 0 Å². The Morgan fingerprint density at radius 1 is 1.30 bits per heavy atom. The number of benzene rings is 1. The summed E-state index contributed by atoms with van der Waals surface area (Å²) < 4.78 is 5.52. The van der Waals surface area contributed by atoms with Crippen LogP contribution < -0.4 is 0 Å². The monoisotopic (exact) mass is 276 g/mol. The largest absolute Gasteiger partial charge is 0.389 e. The first-order valence-electron chi connectivity index (χ1n) is 7.07. The molecule has 110 valence electrons. The number of hydrogen-bond acceptors (Lipinski definition) is 4. The highest BCUT2D eigenvalue weighted by molar-refractivity contribution is 5.13. The highest BCUT2D eigenvalue weighted by Gasteiger charge is 2.13. The molecule has 0 aromatic heterocycles. The number of nitriles is 1. The molecule has 4 nitrogen and oxygen atoms in total. The smallest absolute Gasteiger partial charge is 0.0900 e. The van der Waals surface area contributed by atoms with E-state index in [9.17, 15) is 5.11 Å². The quantitative estimate of drug-likeness (QED) is 0.750. The molecule has 0 aliphatic rings. The van der Waals surface area contributed by atoms with Gasteiger partial charge >= 0.3 is 0 Å². The standard InChI is InChI=1S/C16H24N2O2/c1-3-18(10-14(2)9-17)11-16(19)13-20-12-15-7-5-4-6-8-15/h4-8,14,16,19H,3,10-13H2,1-2H3. The average Bonchev–Trinajstić information content (AvgIpc) is 2.47. The fourth-order valence-corrected chi connectivity index (χ4v) is 2.00. The van der Waals surface area contributed by atoms with E-state index in [1.54, 1.807) is 0 Å². The maximum Gasteiger partial charge on any atom is 0.0900 e. The van der Waals surface area contributed by atoms with E-state index in [-0.39, 0.29) is 5.92 Å². The van der Waals surface area contributed by atoms with Gasteiger partial charge in [0, 0.05) is 13.1 Å². The third-order valence-electron chi connectivity index (χ3n) is 3.09. The Kier molecular flexibility index (Phi) is 7.89. The van der Waals surface area contributed by atoms with Crippen LogP contribution in [0.2, 0.25) is 0 Å². The zero-order chi connectivity index (χ0) is 14.8. The summed E-state index contributed by atoms with van der Waals surface area (Å²) >= 11 is 0. The molecule has 0 amide bonds. The lowest BCUT2D eigenvalue weighted by Gasteiger charge is -2.24. The molecule has 1 aromatic carbocycles. The minimum atomic E-state index is -0.524. The van der Waals surface area contributed by atoms with Crippen LogP contribution in [0.3, 0.4) is 0 Å². The molecular formula is C16H24N2O2. The first-order chi connectivity index (χ1) is 9.65. The van der Waals surface area contributed by atoms with Crippen LogP contribution in [0, 0.1) is 17.2 Å². The summed E-state index contributed by atoms with van der Waals surface area (Å²) in [6, 6.07) is 12.1. The SMILES string of the molecule is CCN(CC(C)C#N)CC(O)COCc1ccccc1. The summed E-state index contributed by atoms with van der Waals surface area (Å²) in [5.41, 5.74) is 1.10. The Morgan fingerprint density at radius 3 is 2.60 bits per heavy atom. The molecule has 0 aliphatic carbocycles. The summed E-state index contributed by atoms with van der Waals surface area (Å²) in [7, 11) is 0. The molecular weight excluding hydrogens is 252 g/mol. The number of likely N-dealkylation sites (N-methyl/N-ethyl adjacent to an activating group) is 1. The van der Waals surface area contributed by atoms with Gasteiger partial charge in [0.05, 0.1) is 31.3 Å². The third-order valence-corrected chi connectivity index (χ3v) is 3.09. The predicted molar refractivity (Wildman–Crippen MR) is 79.0 cm³/mol. The van der Waals surface area contributed by atoms with Crippen LogP contribution in [-0.2, 0) is 11.3 Å². The molecule has 0 heterocycles. The molecule has 0 bridgehead atoms. The summed E-state index contributed by atoms with van der Waals surface area (Å²) in [4.78, 5) is 2.07. The van der Waals surface area contributed by atoms with Crippen LogP contribution >= 0.6 is 0 Å². The minimum absolute atomic E-state index is 0.0209. The van der Waals surface area contributed by atoms with Crippen molar-refractivity contribution in [2.24, 2.45) is 5.92 Å². The van der Waals surface area contributed by atoms with Crippen molar-refractivity contribution in [2.45, 2.75) is 26.6 Å². The second-order valence-electron chi connectivity index (χ2n) is 5.04. The second kappa shape index (κ2) is 9.49. The summed E-state index contributed by atoms with van der Waals surface area (Å²) in [5, 5.41) is 18.8. The first-order valence-corrected chi connectivity index (χ1v) is 7.07. The molecule has 20 heavy (non-hydrogen) atoms. The fourth-order valence-electron chi connectivity index (χ4n) is 2.00. The lowest BCUT2D eigenvalue weighted by molar-refractivity contribution is 0.00965.